The van der Waals surface area contributed by atoms with Crippen molar-refractivity contribution in [3.63, 3.8) is 0 Å². The summed E-state index contributed by atoms with van der Waals surface area (Å²) in [6.07, 6.45) is 35.0. The Bertz CT molecular complexity index is 2710. The maximum absolute atomic E-state index is 12.2. The molecule has 14 heteroatoms. The number of esters is 5. The predicted molar refractivity (Wildman–Crippen MR) is 457 cm³/mol. The molecule has 0 spiro atoms. The van der Waals surface area contributed by atoms with Crippen LogP contribution in [0, 0.1) is 140 Å². The van der Waals surface area contributed by atoms with Crippen LogP contribution in [0.3, 0.4) is 0 Å². The van der Waals surface area contributed by atoms with Gasteiger partial charge in [0.05, 0.1) is 51.5 Å². The number of carbonyl (C=O) groups is 5. The lowest BCUT2D eigenvalue weighted by Gasteiger charge is -2.54. The van der Waals surface area contributed by atoms with Crippen LogP contribution in [-0.4, -0.2) is 85.5 Å². The van der Waals surface area contributed by atoms with Crippen LogP contribution >= 0.6 is 0 Å². The lowest BCUT2D eigenvalue weighted by atomic mass is 9.55. The van der Waals surface area contributed by atoms with Gasteiger partial charge in [0.25, 0.3) is 0 Å². The zero-order valence-corrected chi connectivity index (χ0v) is 66.7. The summed E-state index contributed by atoms with van der Waals surface area (Å²) in [4.78, 5) is 60.4. The lowest BCUT2D eigenvalue weighted by molar-refractivity contribution is -0.224. The third kappa shape index (κ3) is 24.2. The Morgan fingerprint density at radius 1 is 0.318 bits per heavy atom. The summed E-state index contributed by atoms with van der Waals surface area (Å²) in [5.41, 5.74) is -2.28. The van der Waals surface area contributed by atoms with E-state index in [4.69, 9.17) is 42.6 Å². The molecule has 15 aliphatic carbocycles. The molecule has 0 aromatic carbocycles. The van der Waals surface area contributed by atoms with Gasteiger partial charge in [0.1, 0.15) is 5.60 Å². The van der Waals surface area contributed by atoms with Crippen molar-refractivity contribution in [3.05, 3.63) is 0 Å². The molecule has 0 amide bonds. The molecule has 0 aromatic rings. The van der Waals surface area contributed by atoms with Gasteiger partial charge in [-0.05, 0) is 383 Å². The van der Waals surface area contributed by atoms with E-state index in [0.29, 0.717) is 48.1 Å². The highest BCUT2D eigenvalue weighted by molar-refractivity contribution is 5.77. The summed E-state index contributed by atoms with van der Waals surface area (Å²) >= 11 is 0. The summed E-state index contributed by atoms with van der Waals surface area (Å²) in [7, 11) is 0. The second kappa shape index (κ2) is 43.6. The highest BCUT2D eigenvalue weighted by atomic mass is 16.7. The molecule has 15 rings (SSSR count). The number of ether oxygens (including phenoxy) is 9. The van der Waals surface area contributed by atoms with Crippen molar-refractivity contribution in [1.82, 2.24) is 0 Å². The second-order valence-electron chi connectivity index (χ2n) is 39.2. The first-order valence-corrected chi connectivity index (χ1v) is 41.6. The first-order chi connectivity index (χ1) is 47.0. The van der Waals surface area contributed by atoms with Crippen molar-refractivity contribution < 1.29 is 66.6 Å². The quantitative estimate of drug-likeness (QED) is 0.0387. The summed E-state index contributed by atoms with van der Waals surface area (Å²) in [5, 5.41) is 0. The second-order valence-corrected chi connectivity index (χ2v) is 39.2. The zero-order chi connectivity index (χ0) is 72.8. The monoisotopic (exact) mass is 1560 g/mol. The fourth-order valence-corrected chi connectivity index (χ4v) is 22.7. The van der Waals surface area contributed by atoms with Crippen molar-refractivity contribution in [2.75, 3.05) is 6.79 Å². The molecule has 15 saturated carbocycles. The Kier molecular flexibility index (Phi) is 42.5. The summed E-state index contributed by atoms with van der Waals surface area (Å²) in [5.74, 6) is 16.0. The average molecular weight is 1560 g/mol. The van der Waals surface area contributed by atoms with E-state index in [9.17, 15) is 24.0 Å². The predicted octanol–water partition coefficient (Wildman–Crippen LogP) is 26.4. The molecule has 0 aromatic heterocycles. The molecule has 0 N–H and O–H groups in total. The Balaban J connectivity index is 0.00000133. The van der Waals surface area contributed by atoms with Crippen LogP contribution in [0.15, 0.2) is 0 Å². The van der Waals surface area contributed by atoms with E-state index in [0.717, 1.165) is 127 Å². The smallest absolute Gasteiger partial charge is 0.313 e. The summed E-state index contributed by atoms with van der Waals surface area (Å²) < 4.78 is 52.0. The van der Waals surface area contributed by atoms with Crippen molar-refractivity contribution in [1.29, 1.82) is 0 Å². The van der Waals surface area contributed by atoms with Gasteiger partial charge in [-0.3, -0.25) is 24.0 Å². The van der Waals surface area contributed by atoms with Gasteiger partial charge in [-0.1, -0.05) is 122 Å². The van der Waals surface area contributed by atoms with Gasteiger partial charge in [-0.2, -0.15) is 0 Å². The summed E-state index contributed by atoms with van der Waals surface area (Å²) in [6, 6.07) is 0. The first kappa shape index (κ1) is 107. The van der Waals surface area contributed by atoms with Crippen LogP contribution in [0.5, 0.6) is 0 Å². The van der Waals surface area contributed by atoms with Gasteiger partial charge in [0, 0.05) is 0 Å². The van der Waals surface area contributed by atoms with E-state index in [1.54, 1.807) is 0 Å². The molecule has 0 heterocycles. The normalized spacial score (nSPS) is 34.1. The fourth-order valence-electron chi connectivity index (χ4n) is 22.7. The van der Waals surface area contributed by atoms with Gasteiger partial charge in [-0.15, -0.1) is 0 Å². The molecule has 20 atom stereocenters. The largest absolute Gasteiger partial charge is 0.459 e. The molecule has 14 nitrogen and oxygen atoms in total. The third-order valence-corrected chi connectivity index (χ3v) is 30.4. The van der Waals surface area contributed by atoms with Gasteiger partial charge >= 0.3 is 29.8 Å². The van der Waals surface area contributed by atoms with Crippen LogP contribution in [-0.2, 0) is 66.6 Å². The van der Waals surface area contributed by atoms with E-state index < -0.39 is 40.5 Å². The average Bonchev–Trinajstić information content (AvgIpc) is 1.55. The maximum Gasteiger partial charge on any atom is 0.313 e. The van der Waals surface area contributed by atoms with Crippen LogP contribution < -0.4 is 0 Å². The van der Waals surface area contributed by atoms with Crippen molar-refractivity contribution >= 4 is 29.8 Å². The number of fused-ring (bicyclic) bond motifs is 20. The van der Waals surface area contributed by atoms with E-state index in [1.807, 2.05) is 125 Å². The lowest BCUT2D eigenvalue weighted by Crippen LogP contribution is -2.50. The van der Waals surface area contributed by atoms with E-state index in [-0.39, 0.29) is 122 Å². The Morgan fingerprint density at radius 3 is 1.05 bits per heavy atom. The molecule has 20 unspecified atom stereocenters. The standard InChI is InChI=1S/C20H32O3.C19H30O3.C18H30O3.C15H26O3.C14H26O2.10CH4/c1-5-20(3,4)19(21)23-11(2)22-16-10-14-9-15(16)18-13-7-6-12(8-13)17(14)18;1-4-19(2,3)18(20)22-10-21-15-9-13-8-14(15)17-12-6-5-11(7-12)16(13)17;1-5-18(3,4)17(19)21-11(2)20-16-14-7-12-6-13(9-14)10-15(16)8-12;1-5-15(3,4)14(16)18-10(2)17-13-9-11-6-7-12(13)8-11;1-6-13(2,3)12(15)16-14(4,5)11-9-7-8-10-11;;;;;;;;;;/h11-18H,5-10H2,1-4H3;11-17H,4-10H2,1-3H3;11-16H,5-10H2,1-4H3;10-13H,5-9H2,1-4H3;11H,6-10H2,1-5H3;10*1H4. The minimum absolute atomic E-state index is 0. The van der Waals surface area contributed by atoms with Gasteiger partial charge in [-0.25, -0.2) is 0 Å². The third-order valence-electron chi connectivity index (χ3n) is 30.4. The zero-order valence-electron chi connectivity index (χ0n) is 66.7. The number of carbonyl (C=O) groups excluding carboxylic acids is 5. The Labute approximate surface area is 680 Å². The van der Waals surface area contributed by atoms with Crippen molar-refractivity contribution in [2.45, 2.75) is 441 Å². The van der Waals surface area contributed by atoms with Crippen LogP contribution in [0.4, 0.5) is 0 Å². The Hall–Kier alpha value is -2.81. The molecule has 0 radical (unpaired) electrons. The molecular weight excluding hydrogens is 1380 g/mol. The highest BCUT2D eigenvalue weighted by Crippen LogP contribution is 2.69. The minimum atomic E-state index is -0.415. The number of rotatable bonds is 24. The number of hydrogen-bond donors (Lipinski definition) is 0. The fraction of sp³-hybridized carbons (Fsp3) is 0.948. The van der Waals surface area contributed by atoms with Gasteiger partial charge in [0.15, 0.2) is 25.7 Å². The van der Waals surface area contributed by atoms with Crippen molar-refractivity contribution in [3.8, 4) is 0 Å². The van der Waals surface area contributed by atoms with E-state index in [1.165, 1.54) is 141 Å². The molecule has 652 valence electrons. The topological polar surface area (TPSA) is 168 Å². The van der Waals surface area contributed by atoms with Crippen LogP contribution in [0.25, 0.3) is 0 Å². The molecule has 15 aliphatic rings. The first-order valence-electron chi connectivity index (χ1n) is 41.6. The summed E-state index contributed by atoms with van der Waals surface area (Å²) in [6.45, 7) is 39.4. The maximum atomic E-state index is 12.2. The molecule has 110 heavy (non-hydrogen) atoms. The highest BCUT2D eigenvalue weighted by Gasteiger charge is 2.64. The van der Waals surface area contributed by atoms with Crippen LogP contribution in [0.1, 0.15) is 393 Å². The van der Waals surface area contributed by atoms with Crippen molar-refractivity contribution in [2.24, 2.45) is 140 Å². The van der Waals surface area contributed by atoms with Gasteiger partial charge in [0.2, 0.25) is 0 Å². The molecular formula is C96H184O14. The SMILES string of the molecule is C.C.C.C.C.C.C.C.C.C.CCC(C)(C)C(=O)OC(C)(C)C1CCCC1.CCC(C)(C)C(=O)OC(C)OC1C2CC3CC(C2)CC1C3.CCC(C)(C)C(=O)OC(C)OC1CC2CC1C1C3CCC(C3)C21.CCC(C)(C)C(=O)OC(C)OC1CC2CCC1C2.CCC(C)(C)C(=O)OCOC1CC2CC1C1C3CCC(C3)C21. The molecule has 14 bridgehead atoms. The minimum Gasteiger partial charge on any atom is -0.459 e. The molecule has 15 fully saturated rings. The van der Waals surface area contributed by atoms with Crippen LogP contribution in [0.2, 0.25) is 0 Å². The number of hydrogen-bond acceptors (Lipinski definition) is 14. The van der Waals surface area contributed by atoms with Gasteiger partial charge < -0.3 is 42.6 Å². The Morgan fingerprint density at radius 2 is 0.664 bits per heavy atom. The molecule has 0 saturated heterocycles. The van der Waals surface area contributed by atoms with E-state index >= 15 is 0 Å². The molecule has 0 aliphatic heterocycles. The van der Waals surface area contributed by atoms with E-state index in [2.05, 4.69) is 13.8 Å².